The van der Waals surface area contributed by atoms with Crippen LogP contribution >= 0.6 is 0 Å². The predicted octanol–water partition coefficient (Wildman–Crippen LogP) is 1.89. The van der Waals surface area contributed by atoms with Gasteiger partial charge in [-0.2, -0.15) is 0 Å². The van der Waals surface area contributed by atoms with Crippen LogP contribution in [0.15, 0.2) is 0 Å². The van der Waals surface area contributed by atoms with Crippen molar-refractivity contribution < 1.29 is 19.2 Å². The van der Waals surface area contributed by atoms with Crippen LogP contribution in [0.2, 0.25) is 0 Å². The minimum atomic E-state index is -0.913. The summed E-state index contributed by atoms with van der Waals surface area (Å²) >= 11 is 0. The lowest BCUT2D eigenvalue weighted by Gasteiger charge is -2.56. The number of imide groups is 2. The molecule has 3 N–H and O–H groups in total. The molecule has 1 aliphatic heterocycles. The van der Waals surface area contributed by atoms with E-state index in [1.165, 1.54) is 19.3 Å². The lowest BCUT2D eigenvalue weighted by Crippen LogP contribution is -2.61. The number of rotatable bonds is 5. The van der Waals surface area contributed by atoms with Crippen LogP contribution in [0.25, 0.3) is 0 Å². The standard InChI is InChI=1S/C20H30N4O4/c1-3-19(2)16(26)24(18(28)23-19)5-4-15(25)21-17(27)22-20-9-12-6-13(10-20)8-14(7-12)11-20/h12-14H,3-11H2,1-2H3,(H,23,28)(H2,21,22,25,27)/t12?,13?,14?,19-,20?/m1/s1. The topological polar surface area (TPSA) is 108 Å². The zero-order chi connectivity index (χ0) is 20.1. The molecule has 154 valence electrons. The molecule has 8 heteroatoms. The van der Waals surface area contributed by atoms with Crippen LogP contribution in [0.1, 0.15) is 65.2 Å². The summed E-state index contributed by atoms with van der Waals surface area (Å²) in [7, 11) is 0. The number of carbonyl (C=O) groups excluding carboxylic acids is 4. The maximum atomic E-state index is 12.4. The van der Waals surface area contributed by atoms with Crippen molar-refractivity contribution in [2.24, 2.45) is 17.8 Å². The maximum Gasteiger partial charge on any atom is 0.325 e. The fraction of sp³-hybridized carbons (Fsp3) is 0.800. The Bertz CT molecular complexity index is 686. The highest BCUT2D eigenvalue weighted by Crippen LogP contribution is 2.55. The van der Waals surface area contributed by atoms with Gasteiger partial charge in [0.25, 0.3) is 5.91 Å². The van der Waals surface area contributed by atoms with E-state index in [1.807, 2.05) is 6.92 Å². The quantitative estimate of drug-likeness (QED) is 0.623. The van der Waals surface area contributed by atoms with Crippen LogP contribution < -0.4 is 16.0 Å². The number of urea groups is 2. The lowest BCUT2D eigenvalue weighted by molar-refractivity contribution is -0.131. The summed E-state index contributed by atoms with van der Waals surface area (Å²) in [5.74, 6) is 1.30. The van der Waals surface area contributed by atoms with E-state index in [9.17, 15) is 19.2 Å². The molecule has 28 heavy (non-hydrogen) atoms. The highest BCUT2D eigenvalue weighted by Gasteiger charge is 2.51. The highest BCUT2D eigenvalue weighted by atomic mass is 16.2. The van der Waals surface area contributed by atoms with Crippen LogP contribution in [0, 0.1) is 17.8 Å². The molecule has 1 atom stereocenters. The van der Waals surface area contributed by atoms with Crippen LogP contribution in [0.5, 0.6) is 0 Å². The third-order valence-electron chi connectivity index (χ3n) is 7.28. The second-order valence-corrected chi connectivity index (χ2v) is 9.52. The Kier molecular flexibility index (Phi) is 4.62. The first kappa shape index (κ1) is 19.2. The summed E-state index contributed by atoms with van der Waals surface area (Å²) in [5, 5.41) is 8.13. The van der Waals surface area contributed by atoms with Crippen LogP contribution in [-0.4, -0.2) is 46.4 Å². The Morgan fingerprint density at radius 2 is 1.68 bits per heavy atom. The summed E-state index contributed by atoms with van der Waals surface area (Å²) in [6, 6.07) is -0.942. The van der Waals surface area contributed by atoms with Crippen molar-refractivity contribution in [2.75, 3.05) is 6.54 Å². The van der Waals surface area contributed by atoms with Gasteiger partial charge < -0.3 is 10.6 Å². The van der Waals surface area contributed by atoms with E-state index >= 15 is 0 Å². The summed E-state index contributed by atoms with van der Waals surface area (Å²) in [4.78, 5) is 50.0. The SMILES string of the molecule is CC[C@@]1(C)NC(=O)N(CCC(=O)NC(=O)NC23CC4CC(CC(C4)C2)C3)C1=O. The van der Waals surface area contributed by atoms with E-state index in [0.717, 1.165) is 24.2 Å². The van der Waals surface area contributed by atoms with Gasteiger partial charge in [-0.25, -0.2) is 9.59 Å². The molecule has 6 amide bonds. The molecule has 0 aromatic rings. The van der Waals surface area contributed by atoms with Crippen molar-refractivity contribution in [1.82, 2.24) is 20.9 Å². The van der Waals surface area contributed by atoms with E-state index in [4.69, 9.17) is 0 Å². The maximum absolute atomic E-state index is 12.4. The average Bonchev–Trinajstić information content (AvgIpc) is 2.80. The van der Waals surface area contributed by atoms with Crippen LogP contribution in [-0.2, 0) is 9.59 Å². The third-order valence-corrected chi connectivity index (χ3v) is 7.28. The molecule has 5 aliphatic rings. The van der Waals surface area contributed by atoms with Crippen molar-refractivity contribution in [1.29, 1.82) is 0 Å². The zero-order valence-electron chi connectivity index (χ0n) is 16.7. The van der Waals surface area contributed by atoms with E-state index in [-0.39, 0.29) is 24.4 Å². The van der Waals surface area contributed by atoms with Gasteiger partial charge in [-0.15, -0.1) is 0 Å². The van der Waals surface area contributed by atoms with Gasteiger partial charge in [0.1, 0.15) is 5.54 Å². The Hall–Kier alpha value is -2.12. The summed E-state index contributed by atoms with van der Waals surface area (Å²) < 4.78 is 0. The minimum Gasteiger partial charge on any atom is -0.332 e. The molecule has 0 unspecified atom stereocenters. The summed E-state index contributed by atoms with van der Waals surface area (Å²) in [6.45, 7) is 3.46. The molecule has 4 saturated carbocycles. The molecule has 1 saturated heterocycles. The van der Waals surface area contributed by atoms with E-state index in [2.05, 4.69) is 16.0 Å². The van der Waals surface area contributed by atoms with E-state index < -0.39 is 23.5 Å². The van der Waals surface area contributed by atoms with E-state index in [1.54, 1.807) is 6.92 Å². The van der Waals surface area contributed by atoms with Gasteiger partial charge in [-0.05, 0) is 69.6 Å². The second kappa shape index (κ2) is 6.74. The summed E-state index contributed by atoms with van der Waals surface area (Å²) in [5.41, 5.74) is -1.07. The van der Waals surface area contributed by atoms with Crippen molar-refractivity contribution in [3.63, 3.8) is 0 Å². The number of amides is 6. The largest absolute Gasteiger partial charge is 0.332 e. The Morgan fingerprint density at radius 1 is 1.11 bits per heavy atom. The number of nitrogens with zero attached hydrogens (tertiary/aromatic N) is 1. The van der Waals surface area contributed by atoms with Gasteiger partial charge in [0.15, 0.2) is 0 Å². The van der Waals surface area contributed by atoms with Crippen molar-refractivity contribution in [2.45, 2.75) is 76.3 Å². The fourth-order valence-electron chi connectivity index (χ4n) is 6.13. The second-order valence-electron chi connectivity index (χ2n) is 9.52. The first-order valence-electron chi connectivity index (χ1n) is 10.5. The molecule has 1 heterocycles. The monoisotopic (exact) mass is 390 g/mol. The van der Waals surface area contributed by atoms with Gasteiger partial charge in [-0.1, -0.05) is 6.92 Å². The molecule has 0 spiro atoms. The molecule has 5 fully saturated rings. The smallest absolute Gasteiger partial charge is 0.325 e. The Labute approximate surface area is 165 Å². The van der Waals surface area contributed by atoms with Gasteiger partial charge in [0.2, 0.25) is 5.91 Å². The van der Waals surface area contributed by atoms with Gasteiger partial charge >= 0.3 is 12.1 Å². The van der Waals surface area contributed by atoms with Crippen LogP contribution in [0.4, 0.5) is 9.59 Å². The van der Waals surface area contributed by atoms with Crippen molar-refractivity contribution >= 4 is 23.9 Å². The van der Waals surface area contributed by atoms with Crippen molar-refractivity contribution in [3.8, 4) is 0 Å². The number of hydrogen-bond acceptors (Lipinski definition) is 4. The minimum absolute atomic E-state index is 0.0310. The zero-order valence-corrected chi connectivity index (χ0v) is 16.7. The van der Waals surface area contributed by atoms with Crippen LogP contribution in [0.3, 0.4) is 0 Å². The highest BCUT2D eigenvalue weighted by molar-refractivity contribution is 6.07. The van der Waals surface area contributed by atoms with Gasteiger partial charge in [0.05, 0.1) is 0 Å². The normalized spacial score (nSPS) is 38.5. The summed E-state index contributed by atoms with van der Waals surface area (Å²) in [6.07, 6.45) is 7.27. The molecule has 0 radical (unpaired) electrons. The van der Waals surface area contributed by atoms with Crippen molar-refractivity contribution in [3.05, 3.63) is 0 Å². The van der Waals surface area contributed by atoms with E-state index in [0.29, 0.717) is 24.2 Å². The molecule has 5 rings (SSSR count). The Balaban J connectivity index is 1.27. The number of hydrogen-bond donors (Lipinski definition) is 3. The molecular formula is C20H30N4O4. The molecule has 8 nitrogen and oxygen atoms in total. The van der Waals surface area contributed by atoms with Gasteiger partial charge in [-0.3, -0.25) is 19.8 Å². The first-order valence-corrected chi connectivity index (χ1v) is 10.5. The molecule has 0 aromatic carbocycles. The molecular weight excluding hydrogens is 360 g/mol. The lowest BCUT2D eigenvalue weighted by atomic mass is 9.53. The Morgan fingerprint density at radius 3 is 2.18 bits per heavy atom. The molecule has 0 aromatic heterocycles. The molecule has 4 aliphatic carbocycles. The third kappa shape index (κ3) is 3.37. The average molecular weight is 390 g/mol. The molecule has 4 bridgehead atoms. The number of nitrogens with one attached hydrogen (secondary N) is 3. The number of carbonyl (C=O) groups is 4. The van der Waals surface area contributed by atoms with Gasteiger partial charge in [0, 0.05) is 18.5 Å². The fourth-order valence-corrected chi connectivity index (χ4v) is 6.13. The first-order chi connectivity index (χ1) is 13.2. The predicted molar refractivity (Wildman–Crippen MR) is 101 cm³/mol.